The van der Waals surface area contributed by atoms with Gasteiger partial charge in [-0.05, 0) is 37.0 Å². The highest BCUT2D eigenvalue weighted by atomic mass is 16.3. The average molecular weight is 179 g/mol. The quantitative estimate of drug-likeness (QED) is 0.731. The van der Waals surface area contributed by atoms with Gasteiger partial charge in [-0.2, -0.15) is 0 Å². The molecule has 3 N–H and O–H groups in total. The highest BCUT2D eigenvalue weighted by molar-refractivity contribution is 5.30. The Morgan fingerprint density at radius 1 is 1.31 bits per heavy atom. The molecule has 0 aliphatic carbocycles. The molecular weight excluding hydrogens is 162 g/mol. The van der Waals surface area contributed by atoms with Crippen LogP contribution < -0.4 is 5.73 Å². The maximum Gasteiger partial charge on any atom is 0.0585 e. The van der Waals surface area contributed by atoms with Gasteiger partial charge in [0.05, 0.1) is 6.61 Å². The van der Waals surface area contributed by atoms with E-state index in [1.54, 1.807) is 0 Å². The molecule has 1 aromatic carbocycles. The Labute approximate surface area is 79.4 Å². The van der Waals surface area contributed by atoms with Gasteiger partial charge >= 0.3 is 0 Å². The smallest absolute Gasteiger partial charge is 0.0585 e. The van der Waals surface area contributed by atoms with Crippen molar-refractivity contribution in [2.45, 2.75) is 26.3 Å². The minimum absolute atomic E-state index is 0.0485. The first-order valence-electron chi connectivity index (χ1n) is 4.56. The average Bonchev–Trinajstić information content (AvgIpc) is 2.11. The first kappa shape index (κ1) is 10.2. The Kier molecular flexibility index (Phi) is 3.46. The molecule has 0 aromatic heterocycles. The van der Waals surface area contributed by atoms with Crippen LogP contribution in [0.5, 0.6) is 0 Å². The van der Waals surface area contributed by atoms with Crippen LogP contribution in [0.15, 0.2) is 18.2 Å². The molecule has 0 spiro atoms. The Morgan fingerprint density at radius 3 is 2.54 bits per heavy atom. The van der Waals surface area contributed by atoms with Crippen LogP contribution in [0.4, 0.5) is 0 Å². The van der Waals surface area contributed by atoms with E-state index in [-0.39, 0.29) is 12.6 Å². The first-order chi connectivity index (χ1) is 6.13. The van der Waals surface area contributed by atoms with Crippen molar-refractivity contribution >= 4 is 0 Å². The Morgan fingerprint density at radius 2 is 2.00 bits per heavy atom. The maximum atomic E-state index is 8.79. The molecular formula is C11H17NO. The fourth-order valence-corrected chi connectivity index (χ4v) is 1.30. The second-order valence-corrected chi connectivity index (χ2v) is 3.57. The molecule has 13 heavy (non-hydrogen) atoms. The molecule has 0 saturated heterocycles. The molecule has 2 heteroatoms. The van der Waals surface area contributed by atoms with E-state index in [2.05, 4.69) is 32.0 Å². The molecule has 0 unspecified atom stereocenters. The SMILES string of the molecule is Cc1ccc(C[C@@H](N)CO)cc1C. The maximum absolute atomic E-state index is 8.79. The highest BCUT2D eigenvalue weighted by Gasteiger charge is 2.02. The van der Waals surface area contributed by atoms with Crippen molar-refractivity contribution in [1.29, 1.82) is 0 Å². The van der Waals surface area contributed by atoms with Gasteiger partial charge in [0.25, 0.3) is 0 Å². The van der Waals surface area contributed by atoms with E-state index in [4.69, 9.17) is 10.8 Å². The summed E-state index contributed by atoms with van der Waals surface area (Å²) in [6.45, 7) is 4.22. The summed E-state index contributed by atoms with van der Waals surface area (Å²) in [6, 6.07) is 6.15. The van der Waals surface area contributed by atoms with Crippen LogP contribution in [0.2, 0.25) is 0 Å². The molecule has 1 atom stereocenters. The van der Waals surface area contributed by atoms with E-state index in [1.807, 2.05) is 0 Å². The van der Waals surface area contributed by atoms with Gasteiger partial charge in [-0.25, -0.2) is 0 Å². The van der Waals surface area contributed by atoms with Gasteiger partial charge in [0, 0.05) is 6.04 Å². The minimum atomic E-state index is -0.137. The van der Waals surface area contributed by atoms with Gasteiger partial charge in [-0.3, -0.25) is 0 Å². The van der Waals surface area contributed by atoms with Gasteiger partial charge in [0.15, 0.2) is 0 Å². The summed E-state index contributed by atoms with van der Waals surface area (Å²) in [4.78, 5) is 0. The summed E-state index contributed by atoms with van der Waals surface area (Å²) in [7, 11) is 0. The van der Waals surface area contributed by atoms with Crippen molar-refractivity contribution in [3.05, 3.63) is 34.9 Å². The van der Waals surface area contributed by atoms with Gasteiger partial charge in [0.2, 0.25) is 0 Å². The number of aryl methyl sites for hydroxylation is 2. The summed E-state index contributed by atoms with van der Waals surface area (Å²) in [6.07, 6.45) is 0.748. The van der Waals surface area contributed by atoms with Gasteiger partial charge in [-0.15, -0.1) is 0 Å². The zero-order valence-corrected chi connectivity index (χ0v) is 8.25. The van der Waals surface area contributed by atoms with E-state index in [0.29, 0.717) is 0 Å². The lowest BCUT2D eigenvalue weighted by atomic mass is 10.0. The zero-order chi connectivity index (χ0) is 9.84. The predicted molar refractivity (Wildman–Crippen MR) is 54.7 cm³/mol. The predicted octanol–water partition coefficient (Wildman–Crippen LogP) is 1.17. The fourth-order valence-electron chi connectivity index (χ4n) is 1.30. The monoisotopic (exact) mass is 179 g/mol. The summed E-state index contributed by atoms with van der Waals surface area (Å²) in [5, 5.41) is 8.79. The van der Waals surface area contributed by atoms with Crippen molar-refractivity contribution in [2.24, 2.45) is 5.73 Å². The van der Waals surface area contributed by atoms with E-state index < -0.39 is 0 Å². The van der Waals surface area contributed by atoms with Crippen LogP contribution in [-0.4, -0.2) is 17.8 Å². The van der Waals surface area contributed by atoms with Gasteiger partial charge < -0.3 is 10.8 Å². The van der Waals surface area contributed by atoms with Crippen LogP contribution in [0.3, 0.4) is 0 Å². The van der Waals surface area contributed by atoms with Crippen LogP contribution in [0.25, 0.3) is 0 Å². The molecule has 72 valence electrons. The van der Waals surface area contributed by atoms with Crippen molar-refractivity contribution < 1.29 is 5.11 Å². The van der Waals surface area contributed by atoms with Crippen molar-refractivity contribution in [2.75, 3.05) is 6.61 Å². The molecule has 0 saturated carbocycles. The summed E-state index contributed by atoms with van der Waals surface area (Å²) < 4.78 is 0. The molecule has 0 radical (unpaired) electrons. The first-order valence-corrected chi connectivity index (χ1v) is 4.56. The lowest BCUT2D eigenvalue weighted by molar-refractivity contribution is 0.265. The largest absolute Gasteiger partial charge is 0.395 e. The van der Waals surface area contributed by atoms with Crippen molar-refractivity contribution in [3.63, 3.8) is 0 Å². The molecule has 0 bridgehead atoms. The number of nitrogens with two attached hydrogens (primary N) is 1. The minimum Gasteiger partial charge on any atom is -0.395 e. The fraction of sp³-hybridized carbons (Fsp3) is 0.455. The number of hydrogen-bond donors (Lipinski definition) is 2. The molecule has 0 fully saturated rings. The number of hydrogen-bond acceptors (Lipinski definition) is 2. The third-order valence-corrected chi connectivity index (χ3v) is 2.30. The third-order valence-electron chi connectivity index (χ3n) is 2.30. The lowest BCUT2D eigenvalue weighted by Crippen LogP contribution is -2.26. The topological polar surface area (TPSA) is 46.2 Å². The summed E-state index contributed by atoms with van der Waals surface area (Å²) >= 11 is 0. The molecule has 1 rings (SSSR count). The van der Waals surface area contributed by atoms with E-state index in [1.165, 1.54) is 16.7 Å². The van der Waals surface area contributed by atoms with Crippen LogP contribution in [-0.2, 0) is 6.42 Å². The standard InChI is InChI=1S/C11H17NO/c1-8-3-4-10(5-9(8)2)6-11(12)7-13/h3-5,11,13H,6-7,12H2,1-2H3/t11-/m1/s1. The molecule has 0 heterocycles. The van der Waals surface area contributed by atoms with Crippen LogP contribution >= 0.6 is 0 Å². The lowest BCUT2D eigenvalue weighted by Gasteiger charge is -2.09. The van der Waals surface area contributed by atoms with E-state index in [9.17, 15) is 0 Å². The molecule has 0 aliphatic heterocycles. The van der Waals surface area contributed by atoms with E-state index >= 15 is 0 Å². The normalized spacial score (nSPS) is 12.9. The van der Waals surface area contributed by atoms with E-state index in [0.717, 1.165) is 6.42 Å². The Bertz CT molecular complexity index is 283. The number of benzene rings is 1. The van der Waals surface area contributed by atoms with Crippen LogP contribution in [0.1, 0.15) is 16.7 Å². The third kappa shape index (κ3) is 2.83. The van der Waals surface area contributed by atoms with Gasteiger partial charge in [0.1, 0.15) is 0 Å². The Hall–Kier alpha value is -0.860. The second kappa shape index (κ2) is 4.40. The Balaban J connectivity index is 2.73. The zero-order valence-electron chi connectivity index (χ0n) is 8.25. The molecule has 1 aromatic rings. The molecule has 0 aliphatic rings. The molecule has 0 amide bonds. The van der Waals surface area contributed by atoms with Crippen LogP contribution in [0, 0.1) is 13.8 Å². The highest BCUT2D eigenvalue weighted by Crippen LogP contribution is 2.10. The number of rotatable bonds is 3. The number of aliphatic hydroxyl groups is 1. The van der Waals surface area contributed by atoms with Crippen molar-refractivity contribution in [1.82, 2.24) is 0 Å². The van der Waals surface area contributed by atoms with Crippen molar-refractivity contribution in [3.8, 4) is 0 Å². The number of aliphatic hydroxyl groups excluding tert-OH is 1. The van der Waals surface area contributed by atoms with Gasteiger partial charge in [-0.1, -0.05) is 18.2 Å². The second-order valence-electron chi connectivity index (χ2n) is 3.57. The summed E-state index contributed by atoms with van der Waals surface area (Å²) in [5.41, 5.74) is 9.41. The molecule has 2 nitrogen and oxygen atoms in total. The summed E-state index contributed by atoms with van der Waals surface area (Å²) in [5.74, 6) is 0.